The lowest BCUT2D eigenvalue weighted by atomic mass is 10.2. The summed E-state index contributed by atoms with van der Waals surface area (Å²) in [5, 5.41) is 9.08. The maximum absolute atomic E-state index is 12.3. The van der Waals surface area contributed by atoms with Crippen LogP contribution in [0.15, 0.2) is 24.3 Å². The Morgan fingerprint density at radius 3 is 2.38 bits per heavy atom. The van der Waals surface area contributed by atoms with Gasteiger partial charge in [0.15, 0.2) is 0 Å². The Labute approximate surface area is 98.4 Å². The molecular weight excluding hydrogens is 236 g/mol. The van der Waals surface area contributed by atoms with E-state index in [1.165, 1.54) is 12.1 Å². The highest BCUT2D eigenvalue weighted by Gasteiger charge is 2.11. The fourth-order valence-corrected chi connectivity index (χ4v) is 1.65. The first-order valence-corrected chi connectivity index (χ1v) is 5.49. The summed E-state index contributed by atoms with van der Waals surface area (Å²) in [5.74, 6) is 0.492. The third-order valence-electron chi connectivity index (χ3n) is 2.14. The summed E-state index contributed by atoms with van der Waals surface area (Å²) in [7, 11) is 0. The smallest absolute Gasteiger partial charge is 0.251 e. The van der Waals surface area contributed by atoms with Gasteiger partial charge >= 0.3 is 0 Å². The van der Waals surface area contributed by atoms with Crippen LogP contribution in [0.4, 0.5) is 8.78 Å². The van der Waals surface area contributed by atoms with Crippen molar-refractivity contribution in [1.29, 1.82) is 0 Å². The summed E-state index contributed by atoms with van der Waals surface area (Å²) in [6.07, 6.45) is -2.36. The summed E-state index contributed by atoms with van der Waals surface area (Å²) in [5.41, 5.74) is 0.878. The number of phenols is 1. The largest absolute Gasteiger partial charge is 0.508 e. The van der Waals surface area contributed by atoms with E-state index < -0.39 is 6.43 Å². The van der Waals surface area contributed by atoms with Crippen molar-refractivity contribution in [2.45, 2.75) is 13.0 Å². The molecule has 0 aliphatic carbocycles. The first kappa shape index (κ1) is 13.2. The highest BCUT2D eigenvalue weighted by molar-refractivity contribution is 6.18. The molecule has 0 saturated heterocycles. The molecule has 0 heterocycles. The average Bonchev–Trinajstić information content (AvgIpc) is 2.21. The van der Waals surface area contributed by atoms with Gasteiger partial charge in [0, 0.05) is 19.0 Å². The number of alkyl halides is 3. The summed E-state index contributed by atoms with van der Waals surface area (Å²) in [4.78, 5) is 1.59. The molecule has 0 aliphatic rings. The van der Waals surface area contributed by atoms with Crippen LogP contribution in [0.25, 0.3) is 0 Å². The van der Waals surface area contributed by atoms with E-state index in [-0.39, 0.29) is 12.3 Å². The first-order valence-electron chi connectivity index (χ1n) is 4.96. The highest BCUT2D eigenvalue weighted by atomic mass is 35.5. The van der Waals surface area contributed by atoms with E-state index in [1.807, 2.05) is 0 Å². The Morgan fingerprint density at radius 1 is 1.25 bits per heavy atom. The molecule has 16 heavy (non-hydrogen) atoms. The van der Waals surface area contributed by atoms with E-state index >= 15 is 0 Å². The van der Waals surface area contributed by atoms with Gasteiger partial charge in [-0.2, -0.15) is 0 Å². The van der Waals surface area contributed by atoms with Crippen LogP contribution in [0.5, 0.6) is 5.75 Å². The predicted octanol–water partition coefficient (Wildman–Crippen LogP) is 2.70. The summed E-state index contributed by atoms with van der Waals surface area (Å²) in [6.45, 7) is 0.553. The fourth-order valence-electron chi connectivity index (χ4n) is 1.41. The van der Waals surface area contributed by atoms with Gasteiger partial charge in [-0.3, -0.25) is 4.90 Å². The van der Waals surface area contributed by atoms with E-state index in [0.717, 1.165) is 5.56 Å². The van der Waals surface area contributed by atoms with Crippen molar-refractivity contribution in [1.82, 2.24) is 4.90 Å². The molecule has 0 atom stereocenters. The van der Waals surface area contributed by atoms with E-state index in [9.17, 15) is 8.78 Å². The second-order valence-electron chi connectivity index (χ2n) is 3.48. The van der Waals surface area contributed by atoms with Gasteiger partial charge in [-0.15, -0.1) is 11.6 Å². The minimum absolute atomic E-state index is 0.168. The Balaban J connectivity index is 2.56. The molecule has 0 saturated carbocycles. The van der Waals surface area contributed by atoms with Crippen LogP contribution in [-0.2, 0) is 6.54 Å². The Morgan fingerprint density at radius 2 is 1.88 bits per heavy atom. The van der Waals surface area contributed by atoms with Crippen molar-refractivity contribution in [3.63, 3.8) is 0 Å². The molecule has 90 valence electrons. The van der Waals surface area contributed by atoms with Crippen molar-refractivity contribution < 1.29 is 13.9 Å². The van der Waals surface area contributed by atoms with E-state index in [1.54, 1.807) is 17.0 Å². The minimum atomic E-state index is -2.36. The van der Waals surface area contributed by atoms with Crippen LogP contribution in [0.2, 0.25) is 0 Å². The summed E-state index contributed by atoms with van der Waals surface area (Å²) < 4.78 is 24.5. The molecule has 0 fully saturated rings. The molecule has 0 bridgehead atoms. The molecule has 1 rings (SSSR count). The SMILES string of the molecule is Oc1ccc(CN(CCCl)CC(F)F)cc1. The van der Waals surface area contributed by atoms with Crippen LogP contribution in [0.1, 0.15) is 5.56 Å². The quantitative estimate of drug-likeness (QED) is 0.784. The number of rotatable bonds is 6. The molecule has 5 heteroatoms. The molecular formula is C11H14ClF2NO. The first-order chi connectivity index (χ1) is 7.61. The number of hydrogen-bond donors (Lipinski definition) is 1. The van der Waals surface area contributed by atoms with Crippen molar-refractivity contribution >= 4 is 11.6 Å². The zero-order chi connectivity index (χ0) is 12.0. The number of aromatic hydroxyl groups is 1. The molecule has 0 unspecified atom stereocenters. The summed E-state index contributed by atoms with van der Waals surface area (Å²) in [6, 6.07) is 6.50. The maximum Gasteiger partial charge on any atom is 0.251 e. The van der Waals surface area contributed by atoms with Crippen molar-refractivity contribution in [2.75, 3.05) is 19.0 Å². The number of nitrogens with zero attached hydrogens (tertiary/aromatic N) is 1. The molecule has 0 aromatic heterocycles. The Kier molecular flexibility index (Phi) is 5.49. The number of halogens is 3. The number of hydrogen-bond acceptors (Lipinski definition) is 2. The Hall–Kier alpha value is -0.870. The normalized spacial score (nSPS) is 11.3. The molecule has 1 aromatic rings. The van der Waals surface area contributed by atoms with Gasteiger partial charge in [-0.05, 0) is 17.7 Å². The van der Waals surface area contributed by atoms with Gasteiger partial charge in [0.2, 0.25) is 0 Å². The third kappa shape index (κ3) is 4.77. The monoisotopic (exact) mass is 249 g/mol. The van der Waals surface area contributed by atoms with E-state index in [0.29, 0.717) is 19.0 Å². The number of benzene rings is 1. The van der Waals surface area contributed by atoms with Crippen molar-refractivity contribution in [3.8, 4) is 5.75 Å². The van der Waals surface area contributed by atoms with Crippen molar-refractivity contribution in [3.05, 3.63) is 29.8 Å². The van der Waals surface area contributed by atoms with Gasteiger partial charge in [-0.25, -0.2) is 8.78 Å². The predicted molar refractivity (Wildman–Crippen MR) is 60.1 cm³/mol. The fraction of sp³-hybridized carbons (Fsp3) is 0.455. The van der Waals surface area contributed by atoms with Crippen LogP contribution >= 0.6 is 11.6 Å². The van der Waals surface area contributed by atoms with E-state index in [2.05, 4.69) is 0 Å². The van der Waals surface area contributed by atoms with E-state index in [4.69, 9.17) is 16.7 Å². The van der Waals surface area contributed by atoms with Gasteiger partial charge in [-0.1, -0.05) is 12.1 Å². The molecule has 2 nitrogen and oxygen atoms in total. The van der Waals surface area contributed by atoms with Gasteiger partial charge in [0.25, 0.3) is 6.43 Å². The molecule has 1 N–H and O–H groups in total. The molecule has 1 aromatic carbocycles. The lowest BCUT2D eigenvalue weighted by Gasteiger charge is -2.20. The second-order valence-corrected chi connectivity index (χ2v) is 3.86. The van der Waals surface area contributed by atoms with Crippen LogP contribution < -0.4 is 0 Å². The average molecular weight is 250 g/mol. The van der Waals surface area contributed by atoms with Crippen LogP contribution in [0, 0.1) is 0 Å². The van der Waals surface area contributed by atoms with Crippen molar-refractivity contribution in [2.24, 2.45) is 0 Å². The van der Waals surface area contributed by atoms with Gasteiger partial charge in [0.05, 0.1) is 6.54 Å². The van der Waals surface area contributed by atoms with Crippen LogP contribution in [-0.4, -0.2) is 35.4 Å². The standard InChI is InChI=1S/C11H14ClF2NO/c12-5-6-15(8-11(13)14)7-9-1-3-10(16)4-2-9/h1-4,11,16H,5-8H2. The molecule has 0 spiro atoms. The zero-order valence-electron chi connectivity index (χ0n) is 8.74. The Bertz CT molecular complexity index is 305. The zero-order valence-corrected chi connectivity index (χ0v) is 9.50. The third-order valence-corrected chi connectivity index (χ3v) is 2.31. The van der Waals surface area contributed by atoms with Crippen LogP contribution in [0.3, 0.4) is 0 Å². The number of phenolic OH excluding ortho intramolecular Hbond substituents is 1. The molecule has 0 radical (unpaired) electrons. The van der Waals surface area contributed by atoms with Gasteiger partial charge in [0.1, 0.15) is 5.75 Å². The molecule has 0 aliphatic heterocycles. The summed E-state index contributed by atoms with van der Waals surface area (Å²) >= 11 is 5.54. The molecule has 0 amide bonds. The lowest BCUT2D eigenvalue weighted by Crippen LogP contribution is -2.30. The lowest BCUT2D eigenvalue weighted by molar-refractivity contribution is 0.0878. The highest BCUT2D eigenvalue weighted by Crippen LogP contribution is 2.12. The minimum Gasteiger partial charge on any atom is -0.508 e. The topological polar surface area (TPSA) is 23.5 Å². The maximum atomic E-state index is 12.3. The van der Waals surface area contributed by atoms with Gasteiger partial charge < -0.3 is 5.11 Å². The second kappa shape index (κ2) is 6.66.